The molecule has 0 atom stereocenters. The minimum atomic E-state index is 0.628. The fraction of sp³-hybridized carbons (Fsp3) is 0.214. The summed E-state index contributed by atoms with van der Waals surface area (Å²) in [6.07, 6.45) is 3.91. The number of thiophene rings is 1. The smallest absolute Gasteiger partial charge is 0.140 e. The highest BCUT2D eigenvalue weighted by atomic mass is 32.1. The van der Waals surface area contributed by atoms with Gasteiger partial charge in [0.25, 0.3) is 0 Å². The van der Waals surface area contributed by atoms with E-state index in [0.29, 0.717) is 4.64 Å². The summed E-state index contributed by atoms with van der Waals surface area (Å²) >= 11 is 6.92. The van der Waals surface area contributed by atoms with Gasteiger partial charge in [0.1, 0.15) is 10.5 Å². The number of nitrogens with zero attached hydrogens (tertiary/aromatic N) is 2. The van der Waals surface area contributed by atoms with Gasteiger partial charge in [-0.15, -0.1) is 11.3 Å². The van der Waals surface area contributed by atoms with Crippen LogP contribution in [0.25, 0.3) is 21.6 Å². The van der Waals surface area contributed by atoms with Gasteiger partial charge in [0.05, 0.1) is 10.2 Å². The second kappa shape index (κ2) is 5.19. The van der Waals surface area contributed by atoms with Gasteiger partial charge in [-0.05, 0) is 30.0 Å². The predicted molar refractivity (Wildman–Crippen MR) is 82.0 cm³/mol. The molecule has 0 saturated heterocycles. The SMILES string of the molecule is CCCc1cc(=S)nc(-c2cnc3ccsc3c2)[nH]1. The molecule has 19 heavy (non-hydrogen) atoms. The van der Waals surface area contributed by atoms with Crippen LogP contribution >= 0.6 is 23.6 Å². The van der Waals surface area contributed by atoms with Crippen molar-refractivity contribution in [2.45, 2.75) is 19.8 Å². The Hall–Kier alpha value is -1.59. The number of hydrogen-bond donors (Lipinski definition) is 1. The lowest BCUT2D eigenvalue weighted by Crippen LogP contribution is -1.96. The topological polar surface area (TPSA) is 41.6 Å². The van der Waals surface area contributed by atoms with Crippen LogP contribution in [0.15, 0.2) is 29.8 Å². The highest BCUT2D eigenvalue weighted by molar-refractivity contribution is 7.71. The van der Waals surface area contributed by atoms with E-state index in [9.17, 15) is 0 Å². The Bertz CT molecular complexity index is 773. The molecule has 0 spiro atoms. The van der Waals surface area contributed by atoms with E-state index in [1.165, 1.54) is 4.70 Å². The zero-order chi connectivity index (χ0) is 13.2. The molecule has 1 N–H and O–H groups in total. The van der Waals surface area contributed by atoms with Gasteiger partial charge in [0.2, 0.25) is 0 Å². The zero-order valence-electron chi connectivity index (χ0n) is 10.5. The molecule has 5 heteroatoms. The maximum Gasteiger partial charge on any atom is 0.140 e. The summed E-state index contributed by atoms with van der Waals surface area (Å²) in [6, 6.07) is 6.06. The molecule has 96 valence electrons. The first-order chi connectivity index (χ1) is 9.26. The standard InChI is InChI=1S/C14H13N3S2/c1-2-3-10-7-13(18)17-14(16-10)9-6-12-11(15-8-9)4-5-19-12/h4-8H,2-3H2,1H3,(H,16,17,18). The number of H-pyrrole nitrogens is 1. The molecule has 3 rings (SSSR count). The van der Waals surface area contributed by atoms with Crippen molar-refractivity contribution in [2.24, 2.45) is 0 Å². The Balaban J connectivity index is 2.11. The van der Waals surface area contributed by atoms with E-state index >= 15 is 0 Å². The molecule has 3 aromatic heterocycles. The lowest BCUT2D eigenvalue weighted by molar-refractivity contribution is 0.873. The Kier molecular flexibility index (Phi) is 3.40. The van der Waals surface area contributed by atoms with Gasteiger partial charge in [-0.3, -0.25) is 4.98 Å². The summed E-state index contributed by atoms with van der Waals surface area (Å²) in [5.74, 6) is 0.804. The monoisotopic (exact) mass is 287 g/mol. The number of fused-ring (bicyclic) bond motifs is 1. The Morgan fingerprint density at radius 2 is 2.26 bits per heavy atom. The van der Waals surface area contributed by atoms with Crippen LogP contribution in [0.5, 0.6) is 0 Å². The molecule has 3 aromatic rings. The number of aryl methyl sites for hydroxylation is 1. The van der Waals surface area contributed by atoms with Gasteiger partial charge in [0, 0.05) is 17.5 Å². The summed E-state index contributed by atoms with van der Waals surface area (Å²) in [5.41, 5.74) is 3.14. The number of nitrogens with one attached hydrogen (secondary N) is 1. The molecule has 0 radical (unpaired) electrons. The molecule has 0 fully saturated rings. The van der Waals surface area contributed by atoms with Gasteiger partial charge in [-0.2, -0.15) is 0 Å². The summed E-state index contributed by atoms with van der Waals surface area (Å²) in [6.45, 7) is 2.15. The quantitative estimate of drug-likeness (QED) is 0.727. The maximum atomic E-state index is 5.23. The van der Waals surface area contributed by atoms with Gasteiger partial charge >= 0.3 is 0 Å². The average molecular weight is 287 g/mol. The number of aromatic amines is 1. The van der Waals surface area contributed by atoms with Gasteiger partial charge < -0.3 is 4.98 Å². The van der Waals surface area contributed by atoms with Crippen molar-refractivity contribution in [3.05, 3.63) is 40.1 Å². The fourth-order valence-electron chi connectivity index (χ4n) is 2.02. The molecule has 0 aliphatic rings. The van der Waals surface area contributed by atoms with E-state index in [1.807, 2.05) is 23.7 Å². The summed E-state index contributed by atoms with van der Waals surface area (Å²) in [5, 5.41) is 2.05. The molecule has 0 aliphatic carbocycles. The third-order valence-electron chi connectivity index (χ3n) is 2.89. The second-order valence-corrected chi connectivity index (χ2v) is 5.74. The van der Waals surface area contributed by atoms with E-state index in [2.05, 4.69) is 27.9 Å². The van der Waals surface area contributed by atoms with Crippen molar-refractivity contribution in [3.8, 4) is 11.4 Å². The Labute approximate surface area is 120 Å². The van der Waals surface area contributed by atoms with Crippen LogP contribution in [0, 0.1) is 4.64 Å². The minimum Gasteiger partial charge on any atom is -0.343 e. The van der Waals surface area contributed by atoms with Crippen LogP contribution in [0.4, 0.5) is 0 Å². The van der Waals surface area contributed by atoms with E-state index in [1.54, 1.807) is 11.3 Å². The molecule has 3 nitrogen and oxygen atoms in total. The van der Waals surface area contributed by atoms with E-state index in [0.717, 1.165) is 35.4 Å². The van der Waals surface area contributed by atoms with Crippen molar-refractivity contribution in [1.29, 1.82) is 0 Å². The van der Waals surface area contributed by atoms with Crippen LogP contribution in [0.3, 0.4) is 0 Å². The average Bonchev–Trinajstić information content (AvgIpc) is 2.85. The van der Waals surface area contributed by atoms with Crippen LogP contribution in [-0.2, 0) is 6.42 Å². The highest BCUT2D eigenvalue weighted by Crippen LogP contribution is 2.24. The van der Waals surface area contributed by atoms with Crippen LogP contribution in [-0.4, -0.2) is 15.0 Å². The molecule has 3 heterocycles. The van der Waals surface area contributed by atoms with Gasteiger partial charge in [-0.25, -0.2) is 4.98 Å². The van der Waals surface area contributed by atoms with Crippen LogP contribution < -0.4 is 0 Å². The van der Waals surface area contributed by atoms with E-state index < -0.39 is 0 Å². The summed E-state index contributed by atoms with van der Waals surface area (Å²) in [7, 11) is 0. The Morgan fingerprint density at radius 1 is 1.37 bits per heavy atom. The highest BCUT2D eigenvalue weighted by Gasteiger charge is 2.05. The molecule has 0 aliphatic heterocycles. The van der Waals surface area contributed by atoms with Crippen LogP contribution in [0.2, 0.25) is 0 Å². The zero-order valence-corrected chi connectivity index (χ0v) is 12.1. The molecular weight excluding hydrogens is 274 g/mol. The summed E-state index contributed by atoms with van der Waals surface area (Å²) < 4.78 is 1.79. The van der Waals surface area contributed by atoms with Crippen molar-refractivity contribution in [3.63, 3.8) is 0 Å². The lowest BCUT2D eigenvalue weighted by atomic mass is 10.2. The number of rotatable bonds is 3. The molecule has 0 bridgehead atoms. The maximum absolute atomic E-state index is 5.23. The van der Waals surface area contributed by atoms with Crippen molar-refractivity contribution < 1.29 is 0 Å². The van der Waals surface area contributed by atoms with Gasteiger partial charge in [0.15, 0.2) is 0 Å². The first-order valence-corrected chi connectivity index (χ1v) is 7.49. The van der Waals surface area contributed by atoms with Crippen molar-refractivity contribution >= 4 is 33.8 Å². The van der Waals surface area contributed by atoms with Crippen molar-refractivity contribution in [1.82, 2.24) is 15.0 Å². The Morgan fingerprint density at radius 3 is 3.11 bits per heavy atom. The normalized spacial score (nSPS) is 11.0. The van der Waals surface area contributed by atoms with E-state index in [-0.39, 0.29) is 0 Å². The number of hydrogen-bond acceptors (Lipinski definition) is 4. The van der Waals surface area contributed by atoms with E-state index in [4.69, 9.17) is 12.2 Å². The predicted octanol–water partition coefficient (Wildman–Crippen LogP) is 4.37. The number of pyridine rings is 1. The first kappa shape index (κ1) is 12.4. The third kappa shape index (κ3) is 2.57. The molecule has 0 aromatic carbocycles. The lowest BCUT2D eigenvalue weighted by Gasteiger charge is -2.05. The molecular formula is C14H13N3S2. The minimum absolute atomic E-state index is 0.628. The molecule has 0 saturated carbocycles. The number of aromatic nitrogens is 3. The fourth-order valence-corrected chi connectivity index (χ4v) is 3.04. The third-order valence-corrected chi connectivity index (χ3v) is 3.96. The summed E-state index contributed by atoms with van der Waals surface area (Å²) in [4.78, 5) is 12.2. The second-order valence-electron chi connectivity index (χ2n) is 4.37. The van der Waals surface area contributed by atoms with Gasteiger partial charge in [-0.1, -0.05) is 25.6 Å². The van der Waals surface area contributed by atoms with Crippen LogP contribution in [0.1, 0.15) is 19.0 Å². The largest absolute Gasteiger partial charge is 0.343 e. The van der Waals surface area contributed by atoms with Crippen molar-refractivity contribution in [2.75, 3.05) is 0 Å². The molecule has 0 amide bonds. The molecule has 0 unspecified atom stereocenters. The first-order valence-electron chi connectivity index (χ1n) is 6.20.